The number of methoxy groups -OCH3 is 1. The number of ether oxygens (including phenoxy) is 1. The predicted octanol–water partition coefficient (Wildman–Crippen LogP) is 1.32. The average molecular weight is 179 g/mol. The first-order chi connectivity index (χ1) is 6.24. The predicted molar refractivity (Wildman–Crippen MR) is 54.8 cm³/mol. The molecule has 0 spiro atoms. The van der Waals surface area contributed by atoms with Crippen molar-refractivity contribution >= 4 is 17.6 Å². The molecule has 0 radical (unpaired) electrons. The second kappa shape index (κ2) is 3.80. The highest BCUT2D eigenvalue weighted by molar-refractivity contribution is 5.92. The Hall–Kier alpha value is -1.71. The summed E-state index contributed by atoms with van der Waals surface area (Å²) >= 11 is 0. The number of anilines is 2. The molecule has 1 aromatic carbocycles. The molecule has 4 nitrogen and oxygen atoms in total. The monoisotopic (exact) mass is 179 g/mol. The maximum atomic E-state index is 7.15. The van der Waals surface area contributed by atoms with Gasteiger partial charge in [-0.25, -0.2) is 0 Å². The Morgan fingerprint density at radius 3 is 2.69 bits per heavy atom. The van der Waals surface area contributed by atoms with Gasteiger partial charge in [-0.1, -0.05) is 0 Å². The lowest BCUT2D eigenvalue weighted by molar-refractivity contribution is 0.417. The van der Waals surface area contributed by atoms with Crippen LogP contribution in [0, 0.1) is 5.41 Å². The first-order valence-corrected chi connectivity index (χ1v) is 3.89. The first kappa shape index (κ1) is 9.38. The van der Waals surface area contributed by atoms with E-state index in [4.69, 9.17) is 15.9 Å². The van der Waals surface area contributed by atoms with Crippen LogP contribution in [0.25, 0.3) is 0 Å². The Kier molecular flexibility index (Phi) is 2.74. The second-order valence-corrected chi connectivity index (χ2v) is 2.54. The summed E-state index contributed by atoms with van der Waals surface area (Å²) in [6.45, 7) is 0. The summed E-state index contributed by atoms with van der Waals surface area (Å²) in [7, 11) is 3.33. The van der Waals surface area contributed by atoms with Crippen molar-refractivity contribution in [1.29, 1.82) is 5.41 Å². The lowest BCUT2D eigenvalue weighted by atomic mass is 10.1. The van der Waals surface area contributed by atoms with Crippen molar-refractivity contribution in [3.05, 3.63) is 17.7 Å². The summed E-state index contributed by atoms with van der Waals surface area (Å²) in [6, 6.07) is 3.53. The molecular weight excluding hydrogens is 166 g/mol. The molecule has 1 rings (SSSR count). The Labute approximate surface area is 77.2 Å². The number of nitrogens with one attached hydrogen (secondary N) is 2. The highest BCUT2D eigenvalue weighted by Crippen LogP contribution is 2.31. The number of rotatable bonds is 3. The molecule has 0 fully saturated rings. The van der Waals surface area contributed by atoms with Crippen LogP contribution in [-0.2, 0) is 0 Å². The molecule has 0 saturated heterocycles. The largest absolute Gasteiger partial charge is 0.495 e. The third-order valence-corrected chi connectivity index (χ3v) is 1.86. The van der Waals surface area contributed by atoms with Crippen LogP contribution >= 0.6 is 0 Å². The van der Waals surface area contributed by atoms with E-state index in [-0.39, 0.29) is 0 Å². The molecule has 0 heterocycles. The smallest absolute Gasteiger partial charge is 0.143 e. The molecule has 0 atom stereocenters. The van der Waals surface area contributed by atoms with Gasteiger partial charge in [0.1, 0.15) is 5.75 Å². The molecule has 0 bridgehead atoms. The lowest BCUT2D eigenvalue weighted by Crippen LogP contribution is -2.02. The highest BCUT2D eigenvalue weighted by atomic mass is 16.5. The van der Waals surface area contributed by atoms with Gasteiger partial charge in [0.25, 0.3) is 0 Å². The number of nitrogen functional groups attached to an aromatic ring is 1. The van der Waals surface area contributed by atoms with Crippen molar-refractivity contribution in [2.24, 2.45) is 0 Å². The Morgan fingerprint density at radius 2 is 2.23 bits per heavy atom. The molecule has 4 N–H and O–H groups in total. The van der Waals surface area contributed by atoms with Crippen molar-refractivity contribution in [3.8, 4) is 5.75 Å². The zero-order valence-corrected chi connectivity index (χ0v) is 7.72. The van der Waals surface area contributed by atoms with E-state index >= 15 is 0 Å². The van der Waals surface area contributed by atoms with Gasteiger partial charge in [0.05, 0.1) is 18.5 Å². The zero-order valence-electron chi connectivity index (χ0n) is 7.72. The Morgan fingerprint density at radius 1 is 1.54 bits per heavy atom. The maximum Gasteiger partial charge on any atom is 0.143 e. The van der Waals surface area contributed by atoms with Crippen LogP contribution in [0.4, 0.5) is 11.4 Å². The molecule has 0 aliphatic carbocycles. The lowest BCUT2D eigenvalue weighted by Gasteiger charge is -2.11. The first-order valence-electron chi connectivity index (χ1n) is 3.89. The van der Waals surface area contributed by atoms with Crippen LogP contribution in [0.15, 0.2) is 12.1 Å². The van der Waals surface area contributed by atoms with Crippen molar-refractivity contribution in [3.63, 3.8) is 0 Å². The molecule has 0 saturated carbocycles. The topological polar surface area (TPSA) is 71.1 Å². The third kappa shape index (κ3) is 1.56. The fraction of sp³-hybridized carbons (Fsp3) is 0.222. The summed E-state index contributed by atoms with van der Waals surface area (Å²) in [5, 5.41) is 10.1. The summed E-state index contributed by atoms with van der Waals surface area (Å²) in [4.78, 5) is 0. The van der Waals surface area contributed by atoms with Gasteiger partial charge in [-0.2, -0.15) is 0 Å². The Bertz CT molecular complexity index is 323. The SMILES string of the molecule is CNc1c(C=N)ccc(OC)c1N. The van der Waals surface area contributed by atoms with Gasteiger partial charge < -0.3 is 21.2 Å². The van der Waals surface area contributed by atoms with Crippen LogP contribution in [0.5, 0.6) is 5.75 Å². The van der Waals surface area contributed by atoms with Gasteiger partial charge in [0.2, 0.25) is 0 Å². The van der Waals surface area contributed by atoms with Crippen LogP contribution in [-0.4, -0.2) is 20.4 Å². The molecule has 0 amide bonds. The summed E-state index contributed by atoms with van der Waals surface area (Å²) in [6.07, 6.45) is 1.25. The summed E-state index contributed by atoms with van der Waals surface area (Å²) in [5.41, 5.74) is 7.80. The normalized spacial score (nSPS) is 9.38. The minimum absolute atomic E-state index is 0.533. The van der Waals surface area contributed by atoms with E-state index in [1.54, 1.807) is 26.3 Å². The van der Waals surface area contributed by atoms with Gasteiger partial charge >= 0.3 is 0 Å². The molecular formula is C9H13N3O. The van der Waals surface area contributed by atoms with E-state index in [2.05, 4.69) is 5.32 Å². The minimum Gasteiger partial charge on any atom is -0.495 e. The number of hydrogen-bond donors (Lipinski definition) is 3. The van der Waals surface area contributed by atoms with Crippen LogP contribution in [0.1, 0.15) is 5.56 Å². The van der Waals surface area contributed by atoms with E-state index in [1.165, 1.54) is 6.21 Å². The minimum atomic E-state index is 0.533. The quantitative estimate of drug-likeness (QED) is 0.484. The summed E-state index contributed by atoms with van der Waals surface area (Å²) in [5.74, 6) is 0.620. The van der Waals surface area contributed by atoms with Gasteiger partial charge in [-0.15, -0.1) is 0 Å². The molecule has 0 unspecified atom stereocenters. The standard InChI is InChI=1S/C9H13N3O/c1-12-9-6(5-10)3-4-7(13-2)8(9)11/h3-5,10,12H,11H2,1-2H3. The molecule has 1 aromatic rings. The fourth-order valence-corrected chi connectivity index (χ4v) is 1.19. The van der Waals surface area contributed by atoms with Crippen molar-refractivity contribution < 1.29 is 4.74 Å². The van der Waals surface area contributed by atoms with Gasteiger partial charge in [-0.05, 0) is 12.1 Å². The molecule has 13 heavy (non-hydrogen) atoms. The number of hydrogen-bond acceptors (Lipinski definition) is 4. The van der Waals surface area contributed by atoms with E-state index < -0.39 is 0 Å². The fourth-order valence-electron chi connectivity index (χ4n) is 1.19. The van der Waals surface area contributed by atoms with E-state index in [9.17, 15) is 0 Å². The molecule has 4 heteroatoms. The summed E-state index contributed by atoms with van der Waals surface area (Å²) < 4.78 is 5.05. The van der Waals surface area contributed by atoms with Crippen LogP contribution in [0.2, 0.25) is 0 Å². The third-order valence-electron chi connectivity index (χ3n) is 1.86. The zero-order chi connectivity index (χ0) is 9.84. The number of benzene rings is 1. The van der Waals surface area contributed by atoms with Gasteiger partial charge in [0.15, 0.2) is 0 Å². The van der Waals surface area contributed by atoms with E-state index in [0.29, 0.717) is 11.4 Å². The molecule has 0 aliphatic rings. The Balaban J connectivity index is 3.31. The van der Waals surface area contributed by atoms with Gasteiger partial charge in [-0.3, -0.25) is 0 Å². The van der Waals surface area contributed by atoms with Crippen molar-refractivity contribution in [1.82, 2.24) is 0 Å². The number of nitrogens with two attached hydrogens (primary N) is 1. The molecule has 70 valence electrons. The van der Waals surface area contributed by atoms with Crippen molar-refractivity contribution in [2.45, 2.75) is 0 Å². The van der Waals surface area contributed by atoms with Crippen LogP contribution < -0.4 is 15.8 Å². The second-order valence-electron chi connectivity index (χ2n) is 2.54. The molecule has 0 aromatic heterocycles. The van der Waals surface area contributed by atoms with Crippen LogP contribution in [0.3, 0.4) is 0 Å². The van der Waals surface area contributed by atoms with E-state index in [0.717, 1.165) is 11.3 Å². The average Bonchev–Trinajstić information content (AvgIpc) is 2.17. The maximum absolute atomic E-state index is 7.15. The van der Waals surface area contributed by atoms with Gasteiger partial charge in [0, 0.05) is 18.8 Å². The highest BCUT2D eigenvalue weighted by Gasteiger charge is 2.07. The molecule has 0 aliphatic heterocycles. The van der Waals surface area contributed by atoms with Crippen molar-refractivity contribution in [2.75, 3.05) is 25.2 Å². The van der Waals surface area contributed by atoms with E-state index in [1.807, 2.05) is 0 Å².